The maximum absolute atomic E-state index is 12.1. The van der Waals surface area contributed by atoms with Gasteiger partial charge in [-0.1, -0.05) is 12.1 Å². The van der Waals surface area contributed by atoms with Crippen LogP contribution in [-0.4, -0.2) is 57.7 Å². The van der Waals surface area contributed by atoms with Crippen molar-refractivity contribution in [1.82, 2.24) is 30.3 Å². The van der Waals surface area contributed by atoms with E-state index in [0.717, 1.165) is 30.9 Å². The van der Waals surface area contributed by atoms with E-state index in [2.05, 4.69) is 25.7 Å². The van der Waals surface area contributed by atoms with Gasteiger partial charge in [0.2, 0.25) is 5.91 Å². The van der Waals surface area contributed by atoms with E-state index in [1.165, 1.54) is 6.33 Å². The van der Waals surface area contributed by atoms with Crippen molar-refractivity contribution in [2.45, 2.75) is 33.7 Å². The van der Waals surface area contributed by atoms with E-state index in [0.29, 0.717) is 25.5 Å². The summed E-state index contributed by atoms with van der Waals surface area (Å²) in [4.78, 5) is 22.4. The van der Waals surface area contributed by atoms with Crippen molar-refractivity contribution in [3.8, 4) is 5.69 Å². The topological polar surface area (TPSA) is 87.4 Å². The molecular formula is C19H29N7O. The Balaban J connectivity index is 1.88. The summed E-state index contributed by atoms with van der Waals surface area (Å²) in [5.41, 5.74) is 2.05. The summed E-state index contributed by atoms with van der Waals surface area (Å²) in [6.45, 7) is 9.38. The molecule has 0 atom stereocenters. The molecule has 2 aromatic rings. The molecule has 146 valence electrons. The Hall–Kier alpha value is -2.90. The second-order valence-corrected chi connectivity index (χ2v) is 5.94. The number of carbonyl (C=O) groups is 1. The van der Waals surface area contributed by atoms with Crippen LogP contribution in [0.2, 0.25) is 0 Å². The molecule has 1 amide bonds. The van der Waals surface area contributed by atoms with Gasteiger partial charge in [-0.3, -0.25) is 4.79 Å². The van der Waals surface area contributed by atoms with Crippen LogP contribution >= 0.6 is 0 Å². The summed E-state index contributed by atoms with van der Waals surface area (Å²) in [5, 5.41) is 10.6. The fourth-order valence-corrected chi connectivity index (χ4v) is 2.63. The van der Waals surface area contributed by atoms with Crippen LogP contribution in [0, 0.1) is 0 Å². The molecule has 1 aromatic heterocycles. The van der Waals surface area contributed by atoms with Crippen LogP contribution in [0.15, 0.2) is 41.9 Å². The van der Waals surface area contributed by atoms with E-state index >= 15 is 0 Å². The van der Waals surface area contributed by atoms with E-state index in [4.69, 9.17) is 0 Å². The Kier molecular flexibility index (Phi) is 8.28. The highest BCUT2D eigenvalue weighted by Crippen LogP contribution is 2.08. The molecule has 0 bridgehead atoms. The van der Waals surface area contributed by atoms with E-state index in [-0.39, 0.29) is 5.91 Å². The van der Waals surface area contributed by atoms with E-state index in [9.17, 15) is 4.79 Å². The Morgan fingerprint density at radius 1 is 1.15 bits per heavy atom. The molecule has 0 saturated heterocycles. The maximum Gasteiger partial charge on any atom is 0.224 e. The zero-order chi connectivity index (χ0) is 19.5. The molecule has 2 rings (SSSR count). The second kappa shape index (κ2) is 10.9. The number of carbonyl (C=O) groups excluding carboxylic acids is 1. The molecule has 0 unspecified atom stereocenters. The molecule has 0 aliphatic carbocycles. The fourth-order valence-electron chi connectivity index (χ4n) is 2.63. The first kappa shape index (κ1) is 20.4. The van der Waals surface area contributed by atoms with Crippen molar-refractivity contribution in [3.05, 3.63) is 42.5 Å². The van der Waals surface area contributed by atoms with Gasteiger partial charge in [-0.25, -0.2) is 14.7 Å². The van der Waals surface area contributed by atoms with Crippen molar-refractivity contribution in [2.75, 3.05) is 26.2 Å². The van der Waals surface area contributed by atoms with Crippen molar-refractivity contribution >= 4 is 11.9 Å². The molecule has 27 heavy (non-hydrogen) atoms. The van der Waals surface area contributed by atoms with Crippen LogP contribution in [0.4, 0.5) is 0 Å². The van der Waals surface area contributed by atoms with Gasteiger partial charge in [0.15, 0.2) is 5.96 Å². The largest absolute Gasteiger partial charge is 0.357 e. The van der Waals surface area contributed by atoms with Gasteiger partial charge in [0, 0.05) is 32.6 Å². The van der Waals surface area contributed by atoms with Crippen molar-refractivity contribution in [1.29, 1.82) is 0 Å². The molecule has 0 saturated carbocycles. The molecule has 2 N–H and O–H groups in total. The molecule has 0 fully saturated rings. The van der Waals surface area contributed by atoms with Gasteiger partial charge in [0.1, 0.15) is 12.7 Å². The Morgan fingerprint density at radius 2 is 1.89 bits per heavy atom. The molecule has 1 heterocycles. The molecule has 0 radical (unpaired) electrons. The van der Waals surface area contributed by atoms with Crippen LogP contribution in [0.3, 0.4) is 0 Å². The lowest BCUT2D eigenvalue weighted by atomic mass is 10.2. The highest BCUT2D eigenvalue weighted by atomic mass is 16.2. The third kappa shape index (κ3) is 6.40. The Bertz CT molecular complexity index is 706. The van der Waals surface area contributed by atoms with Gasteiger partial charge in [0.25, 0.3) is 0 Å². The monoisotopic (exact) mass is 371 g/mol. The highest BCUT2D eigenvalue weighted by Gasteiger charge is 2.09. The van der Waals surface area contributed by atoms with Gasteiger partial charge < -0.3 is 15.5 Å². The summed E-state index contributed by atoms with van der Waals surface area (Å²) in [5.74, 6) is 0.872. The lowest BCUT2D eigenvalue weighted by molar-refractivity contribution is -0.130. The van der Waals surface area contributed by atoms with Gasteiger partial charge in [-0.05, 0) is 38.5 Å². The van der Waals surface area contributed by atoms with Crippen LogP contribution in [0.25, 0.3) is 5.69 Å². The number of benzene rings is 1. The number of guanidine groups is 1. The average molecular weight is 371 g/mol. The van der Waals surface area contributed by atoms with Crippen molar-refractivity contribution < 1.29 is 4.79 Å². The minimum absolute atomic E-state index is 0.159. The summed E-state index contributed by atoms with van der Waals surface area (Å²) in [6.07, 6.45) is 3.64. The maximum atomic E-state index is 12.1. The van der Waals surface area contributed by atoms with E-state index in [1.54, 1.807) is 11.0 Å². The molecule has 0 aliphatic rings. The van der Waals surface area contributed by atoms with Crippen LogP contribution < -0.4 is 10.6 Å². The predicted octanol–water partition coefficient (Wildman–Crippen LogP) is 1.58. The van der Waals surface area contributed by atoms with E-state index < -0.39 is 0 Å². The molecule has 0 aliphatic heterocycles. The summed E-state index contributed by atoms with van der Waals surface area (Å²) in [6, 6.07) is 8.02. The Morgan fingerprint density at radius 3 is 2.48 bits per heavy atom. The number of nitrogens with one attached hydrogen (secondary N) is 2. The lowest BCUT2D eigenvalue weighted by Crippen LogP contribution is -2.40. The number of aromatic nitrogens is 3. The average Bonchev–Trinajstić information content (AvgIpc) is 3.22. The van der Waals surface area contributed by atoms with Gasteiger partial charge in [-0.2, -0.15) is 5.10 Å². The fraction of sp³-hybridized carbons (Fsp3) is 0.474. The van der Waals surface area contributed by atoms with Crippen LogP contribution in [0.1, 0.15) is 32.8 Å². The smallest absolute Gasteiger partial charge is 0.224 e. The van der Waals surface area contributed by atoms with Gasteiger partial charge in [0.05, 0.1) is 12.2 Å². The zero-order valence-corrected chi connectivity index (χ0v) is 16.4. The van der Waals surface area contributed by atoms with Crippen LogP contribution in [0.5, 0.6) is 0 Å². The van der Waals surface area contributed by atoms with Crippen molar-refractivity contribution in [3.63, 3.8) is 0 Å². The third-order valence-electron chi connectivity index (χ3n) is 4.13. The van der Waals surface area contributed by atoms with Gasteiger partial charge in [-0.15, -0.1) is 0 Å². The molecule has 8 heteroatoms. The minimum atomic E-state index is 0.159. The first-order valence-electron chi connectivity index (χ1n) is 9.41. The molecule has 8 nitrogen and oxygen atoms in total. The number of rotatable bonds is 9. The van der Waals surface area contributed by atoms with Crippen LogP contribution in [-0.2, 0) is 11.3 Å². The first-order chi connectivity index (χ1) is 13.2. The normalized spacial score (nSPS) is 11.3. The predicted molar refractivity (Wildman–Crippen MR) is 107 cm³/mol. The number of amides is 1. The number of aliphatic imine (C=N–C) groups is 1. The second-order valence-electron chi connectivity index (χ2n) is 5.94. The highest BCUT2D eigenvalue weighted by molar-refractivity contribution is 5.81. The molecule has 1 aromatic carbocycles. The quantitative estimate of drug-likeness (QED) is 0.516. The van der Waals surface area contributed by atoms with Crippen molar-refractivity contribution in [2.24, 2.45) is 4.99 Å². The first-order valence-corrected chi connectivity index (χ1v) is 9.41. The molecular weight excluding hydrogens is 342 g/mol. The van der Waals surface area contributed by atoms with E-state index in [1.807, 2.05) is 49.9 Å². The minimum Gasteiger partial charge on any atom is -0.357 e. The summed E-state index contributed by atoms with van der Waals surface area (Å²) in [7, 11) is 0. The third-order valence-corrected chi connectivity index (χ3v) is 4.13. The SMILES string of the molecule is CCNC(=NCc1ccc(-n2cncn2)cc1)NCCC(=O)N(CC)CC. The standard InChI is InChI=1S/C19H29N7O/c1-4-21-19(22-12-11-18(27)25(5-2)6-3)23-13-16-7-9-17(10-8-16)26-15-20-14-24-26/h7-10,14-15H,4-6,11-13H2,1-3H3,(H2,21,22,23). The van der Waals surface area contributed by atoms with Gasteiger partial charge >= 0.3 is 0 Å². The number of hydrogen-bond donors (Lipinski definition) is 2. The lowest BCUT2D eigenvalue weighted by Gasteiger charge is -2.19. The summed E-state index contributed by atoms with van der Waals surface area (Å²) >= 11 is 0. The number of nitrogens with zero attached hydrogens (tertiary/aromatic N) is 5. The number of hydrogen-bond acceptors (Lipinski definition) is 4. The summed E-state index contributed by atoms with van der Waals surface area (Å²) < 4.78 is 1.71. The molecule has 0 spiro atoms. The zero-order valence-electron chi connectivity index (χ0n) is 16.4. The Labute approximate surface area is 160 Å².